The molecule has 0 aliphatic carbocycles. The molecule has 2 heterocycles. The predicted octanol–water partition coefficient (Wildman–Crippen LogP) is 5.10. The second-order valence-electron chi connectivity index (χ2n) is 5.05. The van der Waals surface area contributed by atoms with E-state index >= 15 is 0 Å². The third kappa shape index (κ3) is 2.70. The molecule has 0 fully saturated rings. The molecule has 0 amide bonds. The van der Waals surface area contributed by atoms with Crippen molar-refractivity contribution in [3.05, 3.63) is 58.6 Å². The van der Waals surface area contributed by atoms with Crippen LogP contribution >= 0.6 is 27.5 Å². The van der Waals surface area contributed by atoms with Gasteiger partial charge >= 0.3 is 0 Å². The molecule has 0 bridgehead atoms. The van der Waals surface area contributed by atoms with Crippen molar-refractivity contribution in [1.29, 1.82) is 0 Å². The van der Waals surface area contributed by atoms with Gasteiger partial charge in [0.25, 0.3) is 0 Å². The molecule has 3 nitrogen and oxygen atoms in total. The summed E-state index contributed by atoms with van der Waals surface area (Å²) in [7, 11) is 0. The van der Waals surface area contributed by atoms with Gasteiger partial charge in [-0.2, -0.15) is 0 Å². The Kier molecular flexibility index (Phi) is 4.00. The van der Waals surface area contributed by atoms with Gasteiger partial charge in [-0.25, -0.2) is 4.98 Å². The van der Waals surface area contributed by atoms with Gasteiger partial charge in [-0.3, -0.25) is 4.98 Å². The zero-order chi connectivity index (χ0) is 15.0. The molecular weight excluding hydrogens is 350 g/mol. The highest BCUT2D eigenvalue weighted by Crippen LogP contribution is 2.32. The number of halogens is 2. The second kappa shape index (κ2) is 5.78. The molecule has 0 aliphatic rings. The van der Waals surface area contributed by atoms with Gasteiger partial charge in [-0.1, -0.05) is 15.9 Å². The second-order valence-corrected chi connectivity index (χ2v) is 6.62. The summed E-state index contributed by atoms with van der Waals surface area (Å²) in [5.74, 6) is 0.883. The minimum atomic E-state index is -0.152. The molecule has 0 aliphatic heterocycles. The first-order valence-electron chi connectivity index (χ1n) is 6.79. The third-order valence-electron chi connectivity index (χ3n) is 3.61. The maximum absolute atomic E-state index is 6.34. The van der Waals surface area contributed by atoms with Crippen molar-refractivity contribution in [2.24, 2.45) is 0 Å². The average molecular weight is 365 g/mol. The summed E-state index contributed by atoms with van der Waals surface area (Å²) in [6, 6.07) is 10.3. The molecule has 2 aromatic heterocycles. The van der Waals surface area contributed by atoms with Crippen LogP contribution in [0.2, 0.25) is 0 Å². The van der Waals surface area contributed by atoms with Gasteiger partial charge < -0.3 is 4.57 Å². The molecule has 0 saturated heterocycles. The first kappa shape index (κ1) is 14.5. The first-order valence-corrected chi connectivity index (χ1v) is 8.02. The standard InChI is InChI=1S/C16H15BrClN3/c1-10(18)16-20-14-4-3-13(17)9-15(14)21(16)11(2)12-5-7-19-8-6-12/h3-11H,1-2H3. The van der Waals surface area contributed by atoms with E-state index in [1.165, 1.54) is 5.56 Å². The lowest BCUT2D eigenvalue weighted by molar-refractivity contribution is 0.618. The Morgan fingerprint density at radius 3 is 2.52 bits per heavy atom. The molecule has 108 valence electrons. The maximum atomic E-state index is 6.34. The van der Waals surface area contributed by atoms with Crippen molar-refractivity contribution in [1.82, 2.24) is 14.5 Å². The number of hydrogen-bond donors (Lipinski definition) is 0. The number of alkyl halides is 1. The van der Waals surface area contributed by atoms with Crippen LogP contribution in [-0.4, -0.2) is 14.5 Å². The van der Waals surface area contributed by atoms with Crippen LogP contribution in [0.4, 0.5) is 0 Å². The number of rotatable bonds is 3. The lowest BCUT2D eigenvalue weighted by Crippen LogP contribution is -2.11. The molecule has 2 atom stereocenters. The topological polar surface area (TPSA) is 30.7 Å². The Hall–Kier alpha value is -1.39. The van der Waals surface area contributed by atoms with Crippen LogP contribution in [0.1, 0.15) is 36.7 Å². The van der Waals surface area contributed by atoms with Crippen molar-refractivity contribution >= 4 is 38.6 Å². The number of nitrogens with zero attached hydrogens (tertiary/aromatic N) is 3. The number of imidazole rings is 1. The quantitative estimate of drug-likeness (QED) is 0.605. The van der Waals surface area contributed by atoms with Crippen LogP contribution in [-0.2, 0) is 0 Å². The largest absolute Gasteiger partial charge is 0.319 e. The Morgan fingerprint density at radius 1 is 1.14 bits per heavy atom. The molecule has 0 N–H and O–H groups in total. The summed E-state index contributed by atoms with van der Waals surface area (Å²) < 4.78 is 3.24. The van der Waals surface area contributed by atoms with Crippen LogP contribution in [0.25, 0.3) is 11.0 Å². The molecule has 3 aromatic rings. The third-order valence-corrected chi connectivity index (χ3v) is 4.30. The van der Waals surface area contributed by atoms with E-state index in [4.69, 9.17) is 16.6 Å². The van der Waals surface area contributed by atoms with Gasteiger partial charge in [0.1, 0.15) is 5.82 Å². The van der Waals surface area contributed by atoms with Crippen LogP contribution in [0.15, 0.2) is 47.2 Å². The zero-order valence-electron chi connectivity index (χ0n) is 11.8. The molecular formula is C16H15BrClN3. The minimum Gasteiger partial charge on any atom is -0.319 e. The average Bonchev–Trinajstić information content (AvgIpc) is 2.86. The predicted molar refractivity (Wildman–Crippen MR) is 89.8 cm³/mol. The monoisotopic (exact) mass is 363 g/mol. The van der Waals surface area contributed by atoms with Crippen LogP contribution < -0.4 is 0 Å². The van der Waals surface area contributed by atoms with Crippen LogP contribution in [0.5, 0.6) is 0 Å². The highest BCUT2D eigenvalue weighted by Gasteiger charge is 2.20. The molecule has 21 heavy (non-hydrogen) atoms. The van der Waals surface area contributed by atoms with Gasteiger partial charge in [0, 0.05) is 16.9 Å². The van der Waals surface area contributed by atoms with E-state index in [1.807, 2.05) is 43.6 Å². The van der Waals surface area contributed by atoms with Crippen molar-refractivity contribution in [2.75, 3.05) is 0 Å². The maximum Gasteiger partial charge on any atom is 0.128 e. The zero-order valence-corrected chi connectivity index (χ0v) is 14.1. The Morgan fingerprint density at radius 2 is 1.86 bits per heavy atom. The molecule has 2 unspecified atom stereocenters. The fraction of sp³-hybridized carbons (Fsp3) is 0.250. The highest BCUT2D eigenvalue weighted by atomic mass is 79.9. The van der Waals surface area contributed by atoms with Crippen LogP contribution in [0, 0.1) is 0 Å². The molecule has 0 spiro atoms. The van der Waals surface area contributed by atoms with E-state index in [0.29, 0.717) is 0 Å². The van der Waals surface area contributed by atoms with Crippen molar-refractivity contribution < 1.29 is 0 Å². The van der Waals surface area contributed by atoms with Gasteiger partial charge in [0.05, 0.1) is 22.5 Å². The Labute approximate surface area is 137 Å². The van der Waals surface area contributed by atoms with Crippen molar-refractivity contribution in [3.63, 3.8) is 0 Å². The summed E-state index contributed by atoms with van der Waals surface area (Å²) >= 11 is 9.88. The van der Waals surface area contributed by atoms with E-state index in [2.05, 4.69) is 38.5 Å². The highest BCUT2D eigenvalue weighted by molar-refractivity contribution is 9.10. The van der Waals surface area contributed by atoms with E-state index in [-0.39, 0.29) is 11.4 Å². The Balaban J connectivity index is 2.24. The van der Waals surface area contributed by atoms with Crippen molar-refractivity contribution in [2.45, 2.75) is 25.3 Å². The van der Waals surface area contributed by atoms with E-state index in [0.717, 1.165) is 21.3 Å². The van der Waals surface area contributed by atoms with Gasteiger partial charge in [-0.05, 0) is 49.7 Å². The fourth-order valence-corrected chi connectivity index (χ4v) is 3.07. The summed E-state index contributed by atoms with van der Waals surface area (Å²) in [5.41, 5.74) is 3.22. The molecule has 1 aromatic carbocycles. The SMILES string of the molecule is CC(Cl)c1nc2ccc(Br)cc2n1C(C)c1ccncc1. The number of hydrogen-bond acceptors (Lipinski definition) is 2. The van der Waals surface area contributed by atoms with Gasteiger partial charge in [-0.15, -0.1) is 11.6 Å². The van der Waals surface area contributed by atoms with Gasteiger partial charge in [0.2, 0.25) is 0 Å². The number of fused-ring (bicyclic) bond motifs is 1. The molecule has 0 saturated carbocycles. The summed E-state index contributed by atoms with van der Waals surface area (Å²) in [4.78, 5) is 8.78. The van der Waals surface area contributed by atoms with E-state index in [9.17, 15) is 0 Å². The lowest BCUT2D eigenvalue weighted by atomic mass is 10.1. The fourth-order valence-electron chi connectivity index (χ4n) is 2.56. The van der Waals surface area contributed by atoms with Crippen LogP contribution in [0.3, 0.4) is 0 Å². The first-order chi connectivity index (χ1) is 10.1. The minimum absolute atomic E-state index is 0.142. The number of pyridine rings is 1. The molecule has 0 radical (unpaired) electrons. The summed E-state index contributed by atoms with van der Waals surface area (Å²) in [6.45, 7) is 4.10. The molecule has 3 rings (SSSR count). The number of aromatic nitrogens is 3. The van der Waals surface area contributed by atoms with Gasteiger partial charge in [0.15, 0.2) is 0 Å². The summed E-state index contributed by atoms with van der Waals surface area (Å²) in [6.07, 6.45) is 3.62. The molecule has 5 heteroatoms. The normalized spacial score (nSPS) is 14.3. The van der Waals surface area contributed by atoms with E-state index in [1.54, 1.807) is 0 Å². The number of benzene rings is 1. The lowest BCUT2D eigenvalue weighted by Gasteiger charge is -2.19. The van der Waals surface area contributed by atoms with Crippen molar-refractivity contribution in [3.8, 4) is 0 Å². The summed E-state index contributed by atoms with van der Waals surface area (Å²) in [5, 5.41) is -0.152. The smallest absolute Gasteiger partial charge is 0.128 e. The van der Waals surface area contributed by atoms with E-state index < -0.39 is 0 Å². The Bertz CT molecular complexity index is 768.